The van der Waals surface area contributed by atoms with E-state index in [9.17, 15) is 0 Å². The van der Waals surface area contributed by atoms with Gasteiger partial charge in [0.25, 0.3) is 0 Å². The summed E-state index contributed by atoms with van der Waals surface area (Å²) >= 11 is 0. The van der Waals surface area contributed by atoms with Crippen LogP contribution in [0.5, 0.6) is 0 Å². The number of rotatable bonds is 5. The van der Waals surface area contributed by atoms with Gasteiger partial charge in [-0.3, -0.25) is 0 Å². The molecule has 0 N–H and O–H groups in total. The summed E-state index contributed by atoms with van der Waals surface area (Å²) in [7, 11) is 0. The lowest BCUT2D eigenvalue weighted by Gasteiger charge is -1.84. The summed E-state index contributed by atoms with van der Waals surface area (Å²) in [4.78, 5) is 0. The van der Waals surface area contributed by atoms with E-state index in [1.165, 1.54) is 12.8 Å². The third-order valence-electron chi connectivity index (χ3n) is 1.11. The zero-order chi connectivity index (χ0) is 6.95. The second-order valence-corrected chi connectivity index (χ2v) is 2.05. The Labute approximate surface area is 58.3 Å². The standard InChI is InChI=1S/C9H15/c1-3-5-7-9-8-6-4-2/h8-9H,1,4-7H2,2H3. The molecule has 9 heavy (non-hydrogen) atoms. The third-order valence-corrected chi connectivity index (χ3v) is 1.11. The van der Waals surface area contributed by atoms with Gasteiger partial charge in [-0.2, -0.15) is 0 Å². The van der Waals surface area contributed by atoms with E-state index < -0.39 is 0 Å². The predicted molar refractivity (Wildman–Crippen MR) is 42.2 cm³/mol. The maximum absolute atomic E-state index is 3.52. The summed E-state index contributed by atoms with van der Waals surface area (Å²) in [5.74, 6) is 0. The van der Waals surface area contributed by atoms with Crippen LogP contribution in [0.2, 0.25) is 0 Å². The van der Waals surface area contributed by atoms with E-state index in [0.29, 0.717) is 0 Å². The highest BCUT2D eigenvalue weighted by atomic mass is 13.8. The van der Waals surface area contributed by atoms with Crippen molar-refractivity contribution in [2.45, 2.75) is 32.6 Å². The van der Waals surface area contributed by atoms with E-state index >= 15 is 0 Å². The molecule has 0 nitrogen and oxygen atoms in total. The van der Waals surface area contributed by atoms with E-state index in [-0.39, 0.29) is 0 Å². The molecule has 0 aliphatic carbocycles. The quantitative estimate of drug-likeness (QED) is 0.389. The lowest BCUT2D eigenvalue weighted by Crippen LogP contribution is -1.64. The fraction of sp³-hybridized carbons (Fsp3) is 0.556. The zero-order valence-corrected chi connectivity index (χ0v) is 6.19. The molecule has 0 saturated carbocycles. The highest BCUT2D eigenvalue weighted by Crippen LogP contribution is 1.93. The Hall–Kier alpha value is -0.520. The van der Waals surface area contributed by atoms with Gasteiger partial charge in [0.2, 0.25) is 0 Å². The Bertz CT molecular complexity index is 80.0. The second-order valence-electron chi connectivity index (χ2n) is 2.05. The molecule has 0 saturated heterocycles. The molecule has 0 rings (SSSR count). The minimum Gasteiger partial charge on any atom is -0.0956 e. The average molecular weight is 123 g/mol. The van der Waals surface area contributed by atoms with Crippen LogP contribution in [0.4, 0.5) is 0 Å². The maximum atomic E-state index is 3.52. The molecule has 0 aliphatic rings. The van der Waals surface area contributed by atoms with Crippen LogP contribution < -0.4 is 0 Å². The van der Waals surface area contributed by atoms with Gasteiger partial charge >= 0.3 is 0 Å². The number of unbranched alkanes of at least 4 members (excludes halogenated alkanes) is 2. The second kappa shape index (κ2) is 7.48. The van der Waals surface area contributed by atoms with Gasteiger partial charge in [0, 0.05) is 0 Å². The monoisotopic (exact) mass is 123 g/mol. The minimum absolute atomic E-state index is 0.986. The van der Waals surface area contributed by atoms with Gasteiger partial charge in [0.05, 0.1) is 0 Å². The van der Waals surface area contributed by atoms with E-state index in [1.807, 2.05) is 0 Å². The van der Waals surface area contributed by atoms with Crippen LogP contribution in [0.15, 0.2) is 18.7 Å². The summed E-state index contributed by atoms with van der Waals surface area (Å²) in [6.07, 6.45) is 11.8. The van der Waals surface area contributed by atoms with Gasteiger partial charge in [0.15, 0.2) is 0 Å². The van der Waals surface area contributed by atoms with Crippen molar-refractivity contribution in [1.29, 1.82) is 0 Å². The Kier molecular flexibility index (Phi) is 7.05. The molecule has 0 unspecified atom stereocenters. The Morgan fingerprint density at radius 3 is 2.56 bits per heavy atom. The minimum atomic E-state index is 0.986. The summed E-state index contributed by atoms with van der Waals surface area (Å²) in [6.45, 7) is 5.70. The first-order valence-corrected chi connectivity index (χ1v) is 3.56. The van der Waals surface area contributed by atoms with Crippen LogP contribution in [0.3, 0.4) is 0 Å². The van der Waals surface area contributed by atoms with Gasteiger partial charge in [-0.1, -0.05) is 38.2 Å². The van der Waals surface area contributed by atoms with E-state index in [0.717, 1.165) is 12.8 Å². The van der Waals surface area contributed by atoms with E-state index in [1.54, 1.807) is 0 Å². The van der Waals surface area contributed by atoms with Crippen LogP contribution in [-0.2, 0) is 0 Å². The summed E-state index contributed by atoms with van der Waals surface area (Å²) in [6, 6.07) is 0. The maximum Gasteiger partial charge on any atom is -0.0248 e. The molecule has 0 atom stereocenters. The highest BCUT2D eigenvalue weighted by molar-refractivity contribution is 4.81. The molecule has 0 spiro atoms. The summed E-state index contributed by atoms with van der Waals surface area (Å²) in [5, 5.41) is 0. The molecule has 51 valence electrons. The van der Waals surface area contributed by atoms with Crippen LogP contribution in [0.1, 0.15) is 32.6 Å². The molecule has 0 aromatic heterocycles. The largest absolute Gasteiger partial charge is 0.0956 e. The van der Waals surface area contributed by atoms with Crippen molar-refractivity contribution >= 4 is 0 Å². The fourth-order valence-electron chi connectivity index (χ4n) is 0.588. The normalized spacial score (nSPS) is 10.3. The summed E-state index contributed by atoms with van der Waals surface area (Å²) in [5.41, 5.74) is 0. The third kappa shape index (κ3) is 7.48. The molecular weight excluding hydrogens is 108 g/mol. The lowest BCUT2D eigenvalue weighted by molar-refractivity contribution is 0.941. The van der Waals surface area contributed by atoms with Crippen LogP contribution in [0.25, 0.3) is 0 Å². The fourth-order valence-corrected chi connectivity index (χ4v) is 0.588. The van der Waals surface area contributed by atoms with Crippen LogP contribution >= 0.6 is 0 Å². The first-order chi connectivity index (χ1) is 4.41. The molecule has 0 aromatic carbocycles. The first kappa shape index (κ1) is 8.48. The molecule has 0 amide bonds. The van der Waals surface area contributed by atoms with Crippen LogP contribution in [0, 0.1) is 6.08 Å². The molecular formula is C9H15. The molecule has 0 aromatic rings. The molecule has 1 radical (unpaired) electrons. The van der Waals surface area contributed by atoms with Crippen molar-refractivity contribution < 1.29 is 0 Å². The Balaban J connectivity index is 2.94. The van der Waals surface area contributed by atoms with Crippen molar-refractivity contribution in [2.75, 3.05) is 0 Å². The predicted octanol–water partition coefficient (Wildman–Crippen LogP) is 3.11. The Morgan fingerprint density at radius 2 is 2.00 bits per heavy atom. The van der Waals surface area contributed by atoms with Gasteiger partial charge in [-0.25, -0.2) is 0 Å². The Morgan fingerprint density at radius 1 is 1.33 bits per heavy atom. The first-order valence-electron chi connectivity index (χ1n) is 3.56. The number of hydrogen-bond acceptors (Lipinski definition) is 0. The number of allylic oxidation sites excluding steroid dienone is 3. The van der Waals surface area contributed by atoms with Crippen molar-refractivity contribution in [2.24, 2.45) is 0 Å². The van der Waals surface area contributed by atoms with Crippen molar-refractivity contribution in [3.63, 3.8) is 0 Å². The average Bonchev–Trinajstić information content (AvgIpc) is 1.89. The number of hydrogen-bond donors (Lipinski definition) is 0. The SMILES string of the molecule is C=[C]CCC=CCCC. The van der Waals surface area contributed by atoms with Crippen molar-refractivity contribution in [3.05, 3.63) is 24.8 Å². The van der Waals surface area contributed by atoms with Crippen LogP contribution in [-0.4, -0.2) is 0 Å². The molecule has 0 heteroatoms. The van der Waals surface area contributed by atoms with Gasteiger partial charge in [-0.05, 0) is 19.3 Å². The smallest absolute Gasteiger partial charge is 0.0248 e. The van der Waals surface area contributed by atoms with Gasteiger partial charge in [-0.15, -0.1) is 0 Å². The van der Waals surface area contributed by atoms with E-state index in [4.69, 9.17) is 0 Å². The van der Waals surface area contributed by atoms with Crippen molar-refractivity contribution in [3.8, 4) is 0 Å². The topological polar surface area (TPSA) is 0 Å². The summed E-state index contributed by atoms with van der Waals surface area (Å²) < 4.78 is 0. The lowest BCUT2D eigenvalue weighted by atomic mass is 10.2. The molecule has 0 fully saturated rings. The van der Waals surface area contributed by atoms with Gasteiger partial charge < -0.3 is 0 Å². The molecule has 0 bridgehead atoms. The zero-order valence-electron chi connectivity index (χ0n) is 6.19. The highest BCUT2D eigenvalue weighted by Gasteiger charge is 1.74. The molecule has 0 heterocycles. The van der Waals surface area contributed by atoms with Crippen molar-refractivity contribution in [1.82, 2.24) is 0 Å². The van der Waals surface area contributed by atoms with E-state index in [2.05, 4.69) is 31.7 Å². The van der Waals surface area contributed by atoms with Gasteiger partial charge in [0.1, 0.15) is 0 Å². The molecule has 0 aliphatic heterocycles.